The molecule has 1 saturated heterocycles. The van der Waals surface area contributed by atoms with E-state index in [1.165, 1.54) is 12.1 Å². The lowest BCUT2D eigenvalue weighted by Gasteiger charge is -2.21. The minimum Gasteiger partial charge on any atom is -0.508 e. The zero-order valence-corrected chi connectivity index (χ0v) is 10.1. The Morgan fingerprint density at radius 1 is 1.33 bits per heavy atom. The third kappa shape index (κ3) is 3.21. The van der Waals surface area contributed by atoms with Gasteiger partial charge in [0.2, 0.25) is 0 Å². The van der Waals surface area contributed by atoms with Gasteiger partial charge >= 0.3 is 0 Å². The second kappa shape index (κ2) is 5.84. The number of carbonyl (C=O) groups is 1. The molecule has 0 aliphatic carbocycles. The summed E-state index contributed by atoms with van der Waals surface area (Å²) in [5, 5.41) is 25.0. The molecule has 0 bridgehead atoms. The Bertz CT molecular complexity index is 405. The van der Waals surface area contributed by atoms with Crippen LogP contribution in [-0.4, -0.2) is 41.4 Å². The molecule has 0 aromatic heterocycles. The fourth-order valence-corrected chi connectivity index (χ4v) is 2.04. The maximum atomic E-state index is 12.0. The van der Waals surface area contributed by atoms with E-state index in [9.17, 15) is 9.90 Å². The normalized spacial score (nSPS) is 24.3. The lowest BCUT2D eigenvalue weighted by Crippen LogP contribution is -2.47. The predicted molar refractivity (Wildman–Crippen MR) is 67.5 cm³/mol. The van der Waals surface area contributed by atoms with Gasteiger partial charge in [0, 0.05) is 12.1 Å². The maximum Gasteiger partial charge on any atom is 0.251 e. The molecule has 0 unspecified atom stereocenters. The number of aromatic hydroxyl groups is 1. The van der Waals surface area contributed by atoms with Gasteiger partial charge in [-0.3, -0.25) is 4.79 Å². The van der Waals surface area contributed by atoms with Crippen LogP contribution >= 0.6 is 0 Å². The number of aliphatic hydroxyl groups is 1. The highest BCUT2D eigenvalue weighted by atomic mass is 16.3. The lowest BCUT2D eigenvalue weighted by atomic mass is 10.1. The zero-order valence-electron chi connectivity index (χ0n) is 10.1. The van der Waals surface area contributed by atoms with Crippen LogP contribution in [0.25, 0.3) is 0 Å². The van der Waals surface area contributed by atoms with Crippen molar-refractivity contribution in [1.29, 1.82) is 0 Å². The van der Waals surface area contributed by atoms with Crippen molar-refractivity contribution < 1.29 is 15.0 Å². The molecule has 1 aliphatic heterocycles. The molecule has 0 saturated carbocycles. The quantitative estimate of drug-likeness (QED) is 0.606. The number of phenols is 1. The minimum absolute atomic E-state index is 0.128. The number of carbonyl (C=O) groups excluding carboxylic acids is 1. The largest absolute Gasteiger partial charge is 0.508 e. The third-order valence-electron chi connectivity index (χ3n) is 3.13. The molecule has 0 spiro atoms. The van der Waals surface area contributed by atoms with Crippen LogP contribution in [0.5, 0.6) is 5.75 Å². The monoisotopic (exact) mass is 250 g/mol. The molecule has 4 N–H and O–H groups in total. The summed E-state index contributed by atoms with van der Waals surface area (Å²) in [4.78, 5) is 12.0. The van der Waals surface area contributed by atoms with Gasteiger partial charge in [-0.25, -0.2) is 0 Å². The Balaban J connectivity index is 1.99. The Labute approximate surface area is 106 Å². The number of rotatable bonds is 2. The van der Waals surface area contributed by atoms with Crippen molar-refractivity contribution in [3.63, 3.8) is 0 Å². The summed E-state index contributed by atoms with van der Waals surface area (Å²) < 4.78 is 0. The summed E-state index contributed by atoms with van der Waals surface area (Å²) in [6.07, 6.45) is 1.08. The highest BCUT2D eigenvalue weighted by Gasteiger charge is 2.23. The van der Waals surface area contributed by atoms with Crippen LogP contribution in [0.1, 0.15) is 23.2 Å². The molecule has 5 nitrogen and oxygen atoms in total. The molecule has 1 aromatic carbocycles. The van der Waals surface area contributed by atoms with Crippen molar-refractivity contribution in [2.75, 3.05) is 13.1 Å². The van der Waals surface area contributed by atoms with Gasteiger partial charge in [0.15, 0.2) is 0 Å². The van der Waals surface area contributed by atoms with Gasteiger partial charge in [0.25, 0.3) is 5.91 Å². The van der Waals surface area contributed by atoms with Crippen LogP contribution in [-0.2, 0) is 0 Å². The van der Waals surface area contributed by atoms with Crippen molar-refractivity contribution in [2.24, 2.45) is 0 Å². The Morgan fingerprint density at radius 3 is 2.78 bits per heavy atom. The van der Waals surface area contributed by atoms with Crippen molar-refractivity contribution >= 4 is 5.91 Å². The number of hydrogen-bond acceptors (Lipinski definition) is 4. The minimum atomic E-state index is -0.513. The Kier molecular flexibility index (Phi) is 4.17. The summed E-state index contributed by atoms with van der Waals surface area (Å²) in [7, 11) is 0. The summed E-state index contributed by atoms with van der Waals surface area (Å²) in [5.41, 5.74) is 0.476. The highest BCUT2D eigenvalue weighted by Crippen LogP contribution is 2.11. The molecule has 1 fully saturated rings. The average molecular weight is 250 g/mol. The highest BCUT2D eigenvalue weighted by molar-refractivity contribution is 5.94. The summed E-state index contributed by atoms with van der Waals surface area (Å²) >= 11 is 0. The van der Waals surface area contributed by atoms with Crippen LogP contribution in [0.4, 0.5) is 0 Å². The van der Waals surface area contributed by atoms with E-state index in [2.05, 4.69) is 10.6 Å². The zero-order chi connectivity index (χ0) is 13.0. The van der Waals surface area contributed by atoms with Crippen LogP contribution in [0, 0.1) is 0 Å². The van der Waals surface area contributed by atoms with Crippen molar-refractivity contribution in [1.82, 2.24) is 10.6 Å². The average Bonchev–Trinajstić information content (AvgIpc) is 2.56. The molecule has 2 rings (SSSR count). The molecule has 1 heterocycles. The first kappa shape index (κ1) is 12.9. The van der Waals surface area contributed by atoms with Crippen LogP contribution < -0.4 is 10.6 Å². The second-order valence-corrected chi connectivity index (χ2v) is 4.54. The second-order valence-electron chi connectivity index (χ2n) is 4.54. The fourth-order valence-electron chi connectivity index (χ4n) is 2.04. The van der Waals surface area contributed by atoms with Gasteiger partial charge in [-0.2, -0.15) is 0 Å². The first-order valence-electron chi connectivity index (χ1n) is 6.15. The van der Waals surface area contributed by atoms with E-state index >= 15 is 0 Å². The molecule has 1 aliphatic rings. The van der Waals surface area contributed by atoms with Crippen LogP contribution in [0.3, 0.4) is 0 Å². The van der Waals surface area contributed by atoms with E-state index in [4.69, 9.17) is 5.11 Å². The number of nitrogens with one attached hydrogen (secondary N) is 2. The van der Waals surface area contributed by atoms with Gasteiger partial charge in [-0.1, -0.05) is 0 Å². The van der Waals surface area contributed by atoms with Crippen LogP contribution in [0.15, 0.2) is 24.3 Å². The van der Waals surface area contributed by atoms with E-state index in [1.54, 1.807) is 12.1 Å². The van der Waals surface area contributed by atoms with Gasteiger partial charge in [-0.15, -0.1) is 0 Å². The third-order valence-corrected chi connectivity index (χ3v) is 3.13. The first-order valence-corrected chi connectivity index (χ1v) is 6.15. The van der Waals surface area contributed by atoms with E-state index in [0.29, 0.717) is 18.5 Å². The standard InChI is InChI=1S/C13H18N2O3/c16-10-5-3-9(4-6-10)13(18)15-11-8-14-7-1-2-12(11)17/h3-6,11-12,14,16-17H,1-2,7-8H2,(H,15,18)/t11-,12-/m1/s1. The topological polar surface area (TPSA) is 81.6 Å². The Hall–Kier alpha value is -1.59. The maximum absolute atomic E-state index is 12.0. The van der Waals surface area contributed by atoms with Gasteiger partial charge in [-0.05, 0) is 43.7 Å². The number of hydrogen-bond donors (Lipinski definition) is 4. The Morgan fingerprint density at radius 2 is 2.06 bits per heavy atom. The lowest BCUT2D eigenvalue weighted by molar-refractivity contribution is 0.0833. The van der Waals surface area contributed by atoms with Crippen LogP contribution in [0.2, 0.25) is 0 Å². The van der Waals surface area contributed by atoms with E-state index < -0.39 is 6.10 Å². The number of aliphatic hydroxyl groups excluding tert-OH is 1. The van der Waals surface area contributed by atoms with E-state index in [0.717, 1.165) is 13.0 Å². The summed E-state index contributed by atoms with van der Waals surface area (Å²) in [6, 6.07) is 5.78. The first-order chi connectivity index (χ1) is 8.66. The molecular weight excluding hydrogens is 232 g/mol. The molecule has 2 atom stereocenters. The van der Waals surface area contributed by atoms with Gasteiger partial charge in [0.05, 0.1) is 12.1 Å². The SMILES string of the molecule is O=C(N[C@@H]1CNCCC[C@H]1O)c1ccc(O)cc1. The molecule has 1 aromatic rings. The molecule has 1 amide bonds. The fraction of sp³-hybridized carbons (Fsp3) is 0.462. The molecule has 98 valence electrons. The molecule has 0 radical (unpaired) electrons. The number of benzene rings is 1. The summed E-state index contributed by atoms with van der Waals surface area (Å²) in [6.45, 7) is 1.44. The molecule has 18 heavy (non-hydrogen) atoms. The van der Waals surface area contributed by atoms with Crippen molar-refractivity contribution in [2.45, 2.75) is 25.0 Å². The van der Waals surface area contributed by atoms with Gasteiger partial charge < -0.3 is 20.8 Å². The predicted octanol–water partition coefficient (Wildman–Crippen LogP) is 0.235. The van der Waals surface area contributed by atoms with E-state index in [1.807, 2.05) is 0 Å². The van der Waals surface area contributed by atoms with Crippen molar-refractivity contribution in [3.8, 4) is 5.75 Å². The number of phenolic OH excluding ortho intramolecular Hbond substituents is 1. The molecule has 5 heteroatoms. The van der Waals surface area contributed by atoms with Crippen molar-refractivity contribution in [3.05, 3.63) is 29.8 Å². The smallest absolute Gasteiger partial charge is 0.251 e. The summed E-state index contributed by atoms with van der Waals surface area (Å²) in [5.74, 6) is -0.106. The van der Waals surface area contributed by atoms with E-state index in [-0.39, 0.29) is 17.7 Å². The number of amides is 1. The molecular formula is C13H18N2O3. The van der Waals surface area contributed by atoms with Gasteiger partial charge in [0.1, 0.15) is 5.75 Å².